The third kappa shape index (κ3) is 3.38. The largest absolute Gasteiger partial charge is 0.507 e. The molecule has 0 fully saturated rings. The molecule has 1 aromatic heterocycles. The maximum Gasteiger partial charge on any atom is 0.145 e. The van der Waals surface area contributed by atoms with Gasteiger partial charge in [-0.05, 0) is 42.5 Å². The highest BCUT2D eigenvalue weighted by Crippen LogP contribution is 2.22. The van der Waals surface area contributed by atoms with Crippen LogP contribution >= 0.6 is 15.9 Å². The first-order chi connectivity index (χ1) is 10.7. The number of aromatic nitrogens is 1. The minimum absolute atomic E-state index is 0.227. The lowest BCUT2D eigenvalue weighted by Crippen LogP contribution is -2.15. The molecule has 0 unspecified atom stereocenters. The molecule has 3 aromatic rings. The molecule has 0 radical (unpaired) electrons. The summed E-state index contributed by atoms with van der Waals surface area (Å²) < 4.78 is 0.911. The van der Waals surface area contributed by atoms with Gasteiger partial charge in [-0.25, -0.2) is 4.98 Å². The number of pyridine rings is 1. The van der Waals surface area contributed by atoms with E-state index < -0.39 is 0 Å². The molecule has 0 spiro atoms. The van der Waals surface area contributed by atoms with E-state index in [0.29, 0.717) is 0 Å². The lowest BCUT2D eigenvalue weighted by molar-refractivity contribution is 0.474. The van der Waals surface area contributed by atoms with Gasteiger partial charge in [0.25, 0.3) is 0 Å². The monoisotopic (exact) mass is 355 g/mol. The van der Waals surface area contributed by atoms with Gasteiger partial charge in [-0.2, -0.15) is 0 Å². The van der Waals surface area contributed by atoms with Crippen LogP contribution in [0, 0.1) is 0 Å². The highest BCUT2D eigenvalue weighted by molar-refractivity contribution is 9.10. The van der Waals surface area contributed by atoms with E-state index in [1.165, 1.54) is 0 Å². The number of rotatable bonds is 4. The van der Waals surface area contributed by atoms with Gasteiger partial charge in [-0.15, -0.1) is 0 Å². The van der Waals surface area contributed by atoms with Gasteiger partial charge in [-0.1, -0.05) is 34.1 Å². The van der Waals surface area contributed by atoms with Crippen molar-refractivity contribution in [2.75, 3.05) is 5.43 Å². The Morgan fingerprint density at radius 1 is 1.05 bits per heavy atom. The van der Waals surface area contributed by atoms with Gasteiger partial charge in [0.2, 0.25) is 0 Å². The Labute approximate surface area is 136 Å². The molecule has 0 bridgehead atoms. The van der Waals surface area contributed by atoms with E-state index in [2.05, 4.69) is 31.8 Å². The number of phenols is 1. The second-order valence-corrected chi connectivity index (χ2v) is 5.61. The highest BCUT2D eigenvalue weighted by atomic mass is 79.9. The summed E-state index contributed by atoms with van der Waals surface area (Å²) >= 11 is 3.37. The zero-order chi connectivity index (χ0) is 15.4. The summed E-state index contributed by atoms with van der Waals surface area (Å²) in [7, 11) is 0. The Morgan fingerprint density at radius 3 is 2.82 bits per heavy atom. The van der Waals surface area contributed by atoms with E-state index in [9.17, 15) is 5.11 Å². The van der Waals surface area contributed by atoms with Crippen LogP contribution in [0.1, 0.15) is 5.56 Å². The summed E-state index contributed by atoms with van der Waals surface area (Å²) in [5.41, 5.74) is 7.59. The van der Waals surface area contributed by atoms with Crippen LogP contribution in [0.2, 0.25) is 0 Å². The minimum Gasteiger partial charge on any atom is -0.507 e. The van der Waals surface area contributed by atoms with Crippen molar-refractivity contribution >= 4 is 38.7 Å². The van der Waals surface area contributed by atoms with Crippen LogP contribution < -0.4 is 10.9 Å². The first-order valence-electron chi connectivity index (χ1n) is 6.75. The average molecular weight is 356 g/mol. The minimum atomic E-state index is 0.227. The molecule has 0 aliphatic carbocycles. The van der Waals surface area contributed by atoms with E-state index in [0.717, 1.165) is 26.8 Å². The molecule has 0 aliphatic rings. The fourth-order valence-corrected chi connectivity index (χ4v) is 2.42. The van der Waals surface area contributed by atoms with Crippen molar-refractivity contribution in [1.29, 1.82) is 0 Å². The molecule has 0 amide bonds. The number of para-hydroxylation sites is 1. The van der Waals surface area contributed by atoms with Crippen molar-refractivity contribution < 1.29 is 5.11 Å². The number of nitrogens with zero attached hydrogens (tertiary/aromatic N) is 1. The fraction of sp³-hybridized carbons (Fsp3) is 0. The van der Waals surface area contributed by atoms with Gasteiger partial charge in [0.1, 0.15) is 11.6 Å². The fourth-order valence-electron chi connectivity index (χ4n) is 2.04. The third-order valence-corrected chi connectivity index (χ3v) is 3.63. The molecular formula is C17H14BrN3O. The van der Waals surface area contributed by atoms with Crippen LogP contribution in [0.3, 0.4) is 0 Å². The van der Waals surface area contributed by atoms with Crippen LogP contribution in [-0.2, 0) is 0 Å². The Bertz CT molecular complexity index is 833. The SMILES string of the molecule is Oc1ccc(Br)cc1/C=C/NNc1ccc2ccccc2n1. The molecule has 3 N–H and O–H groups in total. The second-order valence-electron chi connectivity index (χ2n) is 4.70. The lowest BCUT2D eigenvalue weighted by Gasteiger charge is -2.06. The standard InChI is InChI=1S/C17H14BrN3O/c18-14-6-7-16(22)13(11-14)9-10-19-21-17-8-5-12-3-1-2-4-15(12)20-17/h1-11,19,22H,(H,20,21)/b10-9+. The smallest absolute Gasteiger partial charge is 0.145 e. The summed E-state index contributed by atoms with van der Waals surface area (Å²) in [4.78, 5) is 4.49. The Hall–Kier alpha value is -2.53. The van der Waals surface area contributed by atoms with Crippen molar-refractivity contribution in [2.24, 2.45) is 0 Å². The topological polar surface area (TPSA) is 57.2 Å². The molecule has 5 heteroatoms. The van der Waals surface area contributed by atoms with Gasteiger partial charge in [0.05, 0.1) is 5.52 Å². The molecule has 0 aliphatic heterocycles. The van der Waals surface area contributed by atoms with Gasteiger partial charge < -0.3 is 10.5 Å². The van der Waals surface area contributed by atoms with Gasteiger partial charge >= 0.3 is 0 Å². The van der Waals surface area contributed by atoms with Crippen molar-refractivity contribution in [3.05, 3.63) is 70.8 Å². The number of hydrogen-bond donors (Lipinski definition) is 3. The molecule has 0 atom stereocenters. The quantitative estimate of drug-likeness (QED) is 0.611. The zero-order valence-electron chi connectivity index (χ0n) is 11.6. The molecule has 1 heterocycles. The molecule has 22 heavy (non-hydrogen) atoms. The van der Waals surface area contributed by atoms with E-state index in [1.807, 2.05) is 42.5 Å². The number of hydrazine groups is 1. The molecular weight excluding hydrogens is 342 g/mol. The van der Waals surface area contributed by atoms with E-state index in [4.69, 9.17) is 0 Å². The number of phenolic OH excluding ortho intramolecular Hbond substituents is 1. The van der Waals surface area contributed by atoms with E-state index >= 15 is 0 Å². The Morgan fingerprint density at radius 2 is 1.91 bits per heavy atom. The van der Waals surface area contributed by atoms with Crippen LogP contribution in [0.15, 0.2) is 65.3 Å². The molecule has 4 nitrogen and oxygen atoms in total. The first kappa shape index (κ1) is 14.4. The van der Waals surface area contributed by atoms with Crippen LogP contribution in [0.5, 0.6) is 5.75 Å². The highest BCUT2D eigenvalue weighted by Gasteiger charge is 1.98. The van der Waals surface area contributed by atoms with Crippen molar-refractivity contribution in [2.45, 2.75) is 0 Å². The number of anilines is 1. The maximum absolute atomic E-state index is 9.74. The van der Waals surface area contributed by atoms with Crippen LogP contribution in [0.4, 0.5) is 5.82 Å². The summed E-state index contributed by atoms with van der Waals surface area (Å²) in [5.74, 6) is 0.951. The van der Waals surface area contributed by atoms with Crippen molar-refractivity contribution in [1.82, 2.24) is 10.4 Å². The number of hydrogen-bond acceptors (Lipinski definition) is 4. The van der Waals surface area contributed by atoms with Crippen molar-refractivity contribution in [3.8, 4) is 5.75 Å². The maximum atomic E-state index is 9.74. The number of benzene rings is 2. The number of fused-ring (bicyclic) bond motifs is 1. The first-order valence-corrected chi connectivity index (χ1v) is 7.54. The molecule has 0 saturated carbocycles. The predicted octanol–water partition coefficient (Wildman–Crippen LogP) is 4.29. The Balaban J connectivity index is 1.66. The normalized spacial score (nSPS) is 11.0. The molecule has 0 saturated heterocycles. The summed E-state index contributed by atoms with van der Waals surface area (Å²) in [5, 5.41) is 10.8. The average Bonchev–Trinajstić information content (AvgIpc) is 2.54. The summed E-state index contributed by atoms with van der Waals surface area (Å²) in [6.45, 7) is 0. The lowest BCUT2D eigenvalue weighted by atomic mass is 10.2. The molecule has 110 valence electrons. The van der Waals surface area contributed by atoms with Crippen molar-refractivity contribution in [3.63, 3.8) is 0 Å². The van der Waals surface area contributed by atoms with Crippen LogP contribution in [-0.4, -0.2) is 10.1 Å². The van der Waals surface area contributed by atoms with E-state index in [-0.39, 0.29) is 5.75 Å². The van der Waals surface area contributed by atoms with E-state index in [1.54, 1.807) is 24.4 Å². The number of halogens is 1. The van der Waals surface area contributed by atoms with Gasteiger partial charge in [0, 0.05) is 21.6 Å². The Kier molecular flexibility index (Phi) is 4.25. The zero-order valence-corrected chi connectivity index (χ0v) is 13.2. The molecule has 2 aromatic carbocycles. The summed E-state index contributed by atoms with van der Waals surface area (Å²) in [6.07, 6.45) is 3.48. The number of aromatic hydroxyl groups is 1. The van der Waals surface area contributed by atoms with Crippen LogP contribution in [0.25, 0.3) is 17.0 Å². The third-order valence-electron chi connectivity index (χ3n) is 3.13. The summed E-state index contributed by atoms with van der Waals surface area (Å²) in [6, 6.07) is 17.1. The predicted molar refractivity (Wildman–Crippen MR) is 93.3 cm³/mol. The van der Waals surface area contributed by atoms with Gasteiger partial charge in [0.15, 0.2) is 0 Å². The number of nitrogens with one attached hydrogen (secondary N) is 2. The van der Waals surface area contributed by atoms with Gasteiger partial charge in [-0.3, -0.25) is 5.43 Å². The second kappa shape index (κ2) is 6.49. The molecule has 3 rings (SSSR count).